The fourth-order valence-corrected chi connectivity index (χ4v) is 3.76. The lowest BCUT2D eigenvalue weighted by Gasteiger charge is -2.11. The Bertz CT molecular complexity index is 365. The minimum Gasteiger partial charge on any atom is -0.0843 e. The molecule has 0 aromatic heterocycles. The van der Waals surface area contributed by atoms with Crippen molar-refractivity contribution in [2.45, 2.75) is 24.6 Å². The van der Waals surface area contributed by atoms with E-state index >= 15 is 0 Å². The summed E-state index contributed by atoms with van der Waals surface area (Å²) in [6.45, 7) is 2.24. The van der Waals surface area contributed by atoms with Crippen molar-refractivity contribution in [3.63, 3.8) is 0 Å². The zero-order valence-corrected chi connectivity index (χ0v) is 11.6. The van der Waals surface area contributed by atoms with Gasteiger partial charge in [0.1, 0.15) is 0 Å². The van der Waals surface area contributed by atoms with Crippen LogP contribution in [0, 0.1) is 11.8 Å². The summed E-state index contributed by atoms with van der Waals surface area (Å²) in [5.41, 5.74) is 1.17. The number of hydrogen-bond donors (Lipinski definition) is 0. The smallest absolute Gasteiger partial charge is 0.0464 e. The summed E-state index contributed by atoms with van der Waals surface area (Å²) in [6, 6.07) is 5.74. The Kier molecular flexibility index (Phi) is 3.64. The monoisotopic (exact) mass is 306 g/mol. The highest BCUT2D eigenvalue weighted by Gasteiger charge is 2.41. The second-order valence-corrected chi connectivity index (χ2v) is 5.97. The van der Waals surface area contributed by atoms with Gasteiger partial charge >= 0.3 is 0 Å². The molecule has 1 aromatic rings. The van der Waals surface area contributed by atoms with Crippen molar-refractivity contribution in [2.75, 3.05) is 0 Å². The van der Waals surface area contributed by atoms with E-state index in [2.05, 4.69) is 22.9 Å². The highest BCUT2D eigenvalue weighted by atomic mass is 79.9. The minimum absolute atomic E-state index is 0.382. The van der Waals surface area contributed by atoms with E-state index in [0.29, 0.717) is 9.85 Å². The van der Waals surface area contributed by atoms with E-state index in [0.717, 1.165) is 16.9 Å². The van der Waals surface area contributed by atoms with Crippen molar-refractivity contribution < 1.29 is 0 Å². The molecule has 1 saturated carbocycles. The van der Waals surface area contributed by atoms with E-state index in [4.69, 9.17) is 23.2 Å². The third-order valence-electron chi connectivity index (χ3n) is 3.14. The molecule has 3 atom stereocenters. The average molecular weight is 308 g/mol. The van der Waals surface area contributed by atoms with Gasteiger partial charge in [-0.3, -0.25) is 0 Å². The molecule has 2 rings (SSSR count). The molecule has 1 aliphatic rings. The standard InChI is InChI=1S/C12H13BrCl2/c1-2-7-5-10(7)12(13)9-4-3-8(14)6-11(9)15/h3-4,6-7,10,12H,2,5H2,1H3. The summed E-state index contributed by atoms with van der Waals surface area (Å²) in [5, 5.41) is 1.47. The van der Waals surface area contributed by atoms with Gasteiger partial charge in [0.05, 0.1) is 0 Å². The van der Waals surface area contributed by atoms with Crippen molar-refractivity contribution >= 4 is 39.1 Å². The lowest BCUT2D eigenvalue weighted by molar-refractivity contribution is 0.673. The first-order chi connectivity index (χ1) is 7.13. The summed E-state index contributed by atoms with van der Waals surface area (Å²) in [4.78, 5) is 0.382. The highest BCUT2D eigenvalue weighted by Crippen LogP contribution is 2.54. The van der Waals surface area contributed by atoms with Gasteiger partial charge in [-0.2, -0.15) is 0 Å². The van der Waals surface area contributed by atoms with Crippen LogP contribution in [-0.2, 0) is 0 Å². The lowest BCUT2D eigenvalue weighted by atomic mass is 10.1. The van der Waals surface area contributed by atoms with Crippen LogP contribution in [0.2, 0.25) is 10.0 Å². The summed E-state index contributed by atoms with van der Waals surface area (Å²) < 4.78 is 0. The zero-order valence-electron chi connectivity index (χ0n) is 8.51. The second-order valence-electron chi connectivity index (χ2n) is 4.14. The Labute approximate surface area is 109 Å². The third kappa shape index (κ3) is 2.51. The van der Waals surface area contributed by atoms with E-state index in [1.807, 2.05) is 18.2 Å². The molecule has 0 saturated heterocycles. The van der Waals surface area contributed by atoms with Crippen LogP contribution in [-0.4, -0.2) is 0 Å². The first-order valence-electron chi connectivity index (χ1n) is 5.22. The SMILES string of the molecule is CCC1CC1C(Br)c1ccc(Cl)cc1Cl. The van der Waals surface area contributed by atoms with Gasteiger partial charge in [0.15, 0.2) is 0 Å². The first kappa shape index (κ1) is 11.8. The lowest BCUT2D eigenvalue weighted by Crippen LogP contribution is -1.95. The number of hydrogen-bond acceptors (Lipinski definition) is 0. The van der Waals surface area contributed by atoms with E-state index in [9.17, 15) is 0 Å². The third-order valence-corrected chi connectivity index (χ3v) is 4.87. The topological polar surface area (TPSA) is 0 Å². The fourth-order valence-electron chi connectivity index (χ4n) is 2.05. The molecule has 0 heterocycles. The molecular formula is C12H13BrCl2. The van der Waals surface area contributed by atoms with Crippen molar-refractivity contribution in [1.82, 2.24) is 0 Å². The Morgan fingerprint density at radius 2 is 2.20 bits per heavy atom. The molecule has 0 bridgehead atoms. The molecule has 0 nitrogen and oxygen atoms in total. The summed E-state index contributed by atoms with van der Waals surface area (Å²) in [6.07, 6.45) is 2.57. The number of benzene rings is 1. The molecule has 1 fully saturated rings. The maximum absolute atomic E-state index is 6.17. The summed E-state index contributed by atoms with van der Waals surface area (Å²) in [5.74, 6) is 1.61. The van der Waals surface area contributed by atoms with Crippen LogP contribution in [0.1, 0.15) is 30.2 Å². The van der Waals surface area contributed by atoms with E-state index in [1.165, 1.54) is 18.4 Å². The minimum atomic E-state index is 0.382. The maximum Gasteiger partial charge on any atom is 0.0464 e. The van der Waals surface area contributed by atoms with Gasteiger partial charge in [0.2, 0.25) is 0 Å². The van der Waals surface area contributed by atoms with Crippen LogP contribution < -0.4 is 0 Å². The van der Waals surface area contributed by atoms with Crippen LogP contribution >= 0.6 is 39.1 Å². The van der Waals surface area contributed by atoms with E-state index in [-0.39, 0.29) is 0 Å². The average Bonchev–Trinajstić information content (AvgIpc) is 2.95. The van der Waals surface area contributed by atoms with E-state index < -0.39 is 0 Å². The molecule has 0 radical (unpaired) electrons. The number of alkyl halides is 1. The molecule has 3 unspecified atom stereocenters. The van der Waals surface area contributed by atoms with Crippen molar-refractivity contribution in [2.24, 2.45) is 11.8 Å². The first-order valence-corrected chi connectivity index (χ1v) is 6.89. The van der Waals surface area contributed by atoms with Crippen LogP contribution in [0.4, 0.5) is 0 Å². The maximum atomic E-state index is 6.17. The van der Waals surface area contributed by atoms with Crippen LogP contribution in [0.5, 0.6) is 0 Å². The molecule has 0 N–H and O–H groups in total. The van der Waals surface area contributed by atoms with Gasteiger partial charge in [-0.25, -0.2) is 0 Å². The highest BCUT2D eigenvalue weighted by molar-refractivity contribution is 9.09. The predicted octanol–water partition coefficient (Wildman–Crippen LogP) is 5.48. The van der Waals surface area contributed by atoms with Crippen molar-refractivity contribution in [3.8, 4) is 0 Å². The van der Waals surface area contributed by atoms with Crippen LogP contribution in [0.15, 0.2) is 18.2 Å². The molecule has 1 aromatic carbocycles. The molecule has 0 amide bonds. The predicted molar refractivity (Wildman–Crippen MR) is 70.0 cm³/mol. The second kappa shape index (κ2) is 4.65. The number of rotatable bonds is 3. The molecular weight excluding hydrogens is 295 g/mol. The number of halogens is 3. The molecule has 82 valence electrons. The van der Waals surface area contributed by atoms with Gasteiger partial charge in [0, 0.05) is 14.9 Å². The largest absolute Gasteiger partial charge is 0.0843 e. The Morgan fingerprint density at radius 1 is 1.47 bits per heavy atom. The van der Waals surface area contributed by atoms with E-state index in [1.54, 1.807) is 0 Å². The fraction of sp³-hybridized carbons (Fsp3) is 0.500. The molecule has 1 aliphatic carbocycles. The van der Waals surface area contributed by atoms with Crippen molar-refractivity contribution in [3.05, 3.63) is 33.8 Å². The normalized spacial score (nSPS) is 26.4. The molecule has 3 heteroatoms. The summed E-state index contributed by atoms with van der Waals surface area (Å²) in [7, 11) is 0. The van der Waals surface area contributed by atoms with Gasteiger partial charge in [-0.15, -0.1) is 0 Å². The van der Waals surface area contributed by atoms with Gasteiger partial charge in [-0.1, -0.05) is 58.5 Å². The molecule has 0 aliphatic heterocycles. The van der Waals surface area contributed by atoms with Crippen LogP contribution in [0.3, 0.4) is 0 Å². The Morgan fingerprint density at radius 3 is 2.73 bits per heavy atom. The zero-order chi connectivity index (χ0) is 11.0. The van der Waals surface area contributed by atoms with Crippen molar-refractivity contribution in [1.29, 1.82) is 0 Å². The van der Waals surface area contributed by atoms with Gasteiger partial charge in [0.25, 0.3) is 0 Å². The Balaban J connectivity index is 2.16. The Hall–Kier alpha value is 0.280. The molecule has 0 spiro atoms. The van der Waals surface area contributed by atoms with Gasteiger partial charge in [-0.05, 0) is 36.0 Å². The molecule has 15 heavy (non-hydrogen) atoms. The van der Waals surface area contributed by atoms with Crippen LogP contribution in [0.25, 0.3) is 0 Å². The summed E-state index contributed by atoms with van der Waals surface area (Å²) >= 11 is 15.8. The quantitative estimate of drug-likeness (QED) is 0.649. The van der Waals surface area contributed by atoms with Gasteiger partial charge < -0.3 is 0 Å².